The van der Waals surface area contributed by atoms with Crippen molar-refractivity contribution in [1.82, 2.24) is 19.2 Å². The fourth-order valence-corrected chi connectivity index (χ4v) is 5.13. The first-order valence-electron chi connectivity index (χ1n) is 10.6. The largest absolute Gasteiger partial charge is 0.378 e. The van der Waals surface area contributed by atoms with Gasteiger partial charge in [0, 0.05) is 19.8 Å². The number of nitrogens with one attached hydrogen (secondary N) is 1. The van der Waals surface area contributed by atoms with Gasteiger partial charge in [-0.05, 0) is 42.5 Å². The van der Waals surface area contributed by atoms with Crippen LogP contribution in [0.4, 0.5) is 11.4 Å². The Hall–Kier alpha value is -4.18. The van der Waals surface area contributed by atoms with Crippen LogP contribution in [0, 0.1) is 0 Å². The van der Waals surface area contributed by atoms with Gasteiger partial charge in [-0.15, -0.1) is 10.2 Å². The van der Waals surface area contributed by atoms with Gasteiger partial charge < -0.3 is 5.32 Å². The minimum Gasteiger partial charge on any atom is -0.378 e. The predicted octanol–water partition coefficient (Wildman–Crippen LogP) is 3.02. The van der Waals surface area contributed by atoms with Gasteiger partial charge in [-0.3, -0.25) is 18.1 Å². The lowest BCUT2D eigenvalue weighted by Gasteiger charge is -2.20. The molecule has 0 unspecified atom stereocenters. The lowest BCUT2D eigenvalue weighted by atomic mass is 10.2. The van der Waals surface area contributed by atoms with E-state index in [1.54, 1.807) is 61.6 Å². The van der Waals surface area contributed by atoms with E-state index in [4.69, 9.17) is 0 Å². The number of aryl methyl sites for hydroxylation is 1. The Morgan fingerprint density at radius 2 is 1.68 bits per heavy atom. The van der Waals surface area contributed by atoms with Crippen molar-refractivity contribution in [2.24, 2.45) is 7.05 Å². The number of hydrogen-bond donors (Lipinski definition) is 1. The topological polar surface area (TPSA) is 102 Å². The molecule has 0 aliphatic carbocycles. The van der Waals surface area contributed by atoms with Crippen molar-refractivity contribution >= 4 is 38.1 Å². The number of anilines is 2. The summed E-state index contributed by atoms with van der Waals surface area (Å²) in [6, 6.07) is 22.8. The highest BCUT2D eigenvalue weighted by molar-refractivity contribution is 7.92. The molecule has 0 aliphatic heterocycles. The van der Waals surface area contributed by atoms with Crippen LogP contribution in [0.2, 0.25) is 0 Å². The Morgan fingerprint density at radius 1 is 0.941 bits per heavy atom. The molecule has 34 heavy (non-hydrogen) atoms. The van der Waals surface area contributed by atoms with Gasteiger partial charge in [0.15, 0.2) is 5.82 Å². The van der Waals surface area contributed by atoms with Gasteiger partial charge in [0.25, 0.3) is 15.6 Å². The number of hydrogen-bond acceptors (Lipinski definition) is 6. The first-order chi connectivity index (χ1) is 16.4. The zero-order valence-corrected chi connectivity index (χ0v) is 19.4. The molecule has 3 aromatic carbocycles. The second kappa shape index (κ2) is 8.31. The Kier molecular flexibility index (Phi) is 5.29. The molecule has 0 atom stereocenters. The monoisotopic (exact) mass is 474 g/mol. The number of aromatic nitrogens is 4. The average molecular weight is 475 g/mol. The van der Waals surface area contributed by atoms with Crippen molar-refractivity contribution in [1.29, 1.82) is 0 Å². The standard InChI is InChI=1S/C24H22N6O3S/c1-28-23(31)20-13-6-7-14-21(20)30-22(26-27-24(28)30)16-25-17-9-8-12-19(15-17)34(32,33)29(2)18-10-4-3-5-11-18/h3-15,25H,16H2,1-2H3. The summed E-state index contributed by atoms with van der Waals surface area (Å²) in [6.45, 7) is 0.279. The van der Waals surface area contributed by atoms with Crippen molar-refractivity contribution < 1.29 is 8.42 Å². The summed E-state index contributed by atoms with van der Waals surface area (Å²) < 4.78 is 30.8. The van der Waals surface area contributed by atoms with Crippen molar-refractivity contribution in [3.05, 3.63) is 95.0 Å². The van der Waals surface area contributed by atoms with E-state index in [0.29, 0.717) is 33.9 Å². The zero-order chi connectivity index (χ0) is 23.9. The molecule has 0 bridgehead atoms. The van der Waals surface area contributed by atoms with E-state index in [9.17, 15) is 13.2 Å². The summed E-state index contributed by atoms with van der Waals surface area (Å²) in [7, 11) is -0.548. The summed E-state index contributed by atoms with van der Waals surface area (Å²) in [6.07, 6.45) is 0. The summed E-state index contributed by atoms with van der Waals surface area (Å²) in [5.74, 6) is 1.03. The van der Waals surface area contributed by atoms with E-state index < -0.39 is 10.0 Å². The fourth-order valence-electron chi connectivity index (χ4n) is 3.89. The molecule has 0 spiro atoms. The van der Waals surface area contributed by atoms with Crippen LogP contribution in [0.5, 0.6) is 0 Å². The average Bonchev–Trinajstić information content (AvgIpc) is 3.30. The smallest absolute Gasteiger partial charge is 0.264 e. The molecular weight excluding hydrogens is 452 g/mol. The Balaban J connectivity index is 1.46. The highest BCUT2D eigenvalue weighted by atomic mass is 32.2. The molecule has 5 rings (SSSR count). The maximum atomic E-state index is 13.1. The van der Waals surface area contributed by atoms with Crippen molar-refractivity contribution in [2.45, 2.75) is 11.4 Å². The van der Waals surface area contributed by atoms with Crippen LogP contribution < -0.4 is 15.2 Å². The van der Waals surface area contributed by atoms with Gasteiger partial charge in [-0.2, -0.15) is 0 Å². The Labute approximate surface area is 196 Å². The lowest BCUT2D eigenvalue weighted by Crippen LogP contribution is -2.26. The Bertz CT molecular complexity index is 1680. The predicted molar refractivity (Wildman–Crippen MR) is 132 cm³/mol. The first-order valence-corrected chi connectivity index (χ1v) is 12.0. The van der Waals surface area contributed by atoms with Crippen LogP contribution in [0.1, 0.15) is 5.82 Å². The van der Waals surface area contributed by atoms with Gasteiger partial charge in [-0.25, -0.2) is 8.42 Å². The molecule has 9 nitrogen and oxygen atoms in total. The molecule has 172 valence electrons. The quantitative estimate of drug-likeness (QED) is 0.406. The molecule has 0 saturated carbocycles. The molecule has 0 saturated heterocycles. The fraction of sp³-hybridized carbons (Fsp3) is 0.125. The van der Waals surface area contributed by atoms with Crippen LogP contribution in [0.15, 0.2) is 88.6 Å². The third-order valence-electron chi connectivity index (χ3n) is 5.76. The van der Waals surface area contributed by atoms with E-state index in [2.05, 4.69) is 15.5 Å². The van der Waals surface area contributed by atoms with Gasteiger partial charge >= 0.3 is 0 Å². The number of rotatable bonds is 6. The second-order valence-electron chi connectivity index (χ2n) is 7.82. The van der Waals surface area contributed by atoms with Gasteiger partial charge in [0.2, 0.25) is 5.78 Å². The number of fused-ring (bicyclic) bond motifs is 3. The molecule has 0 amide bonds. The molecule has 2 heterocycles. The van der Waals surface area contributed by atoms with Gasteiger partial charge in [-0.1, -0.05) is 36.4 Å². The van der Waals surface area contributed by atoms with E-state index in [1.165, 1.54) is 15.9 Å². The van der Waals surface area contributed by atoms with E-state index in [0.717, 1.165) is 0 Å². The molecule has 0 aliphatic rings. The molecule has 5 aromatic rings. The van der Waals surface area contributed by atoms with Crippen LogP contribution in [-0.2, 0) is 23.6 Å². The van der Waals surface area contributed by atoms with Crippen molar-refractivity contribution in [3.8, 4) is 0 Å². The van der Waals surface area contributed by atoms with Crippen LogP contribution >= 0.6 is 0 Å². The molecule has 1 N–H and O–H groups in total. The van der Waals surface area contributed by atoms with Crippen molar-refractivity contribution in [2.75, 3.05) is 16.7 Å². The number of sulfonamides is 1. The Morgan fingerprint density at radius 3 is 2.47 bits per heavy atom. The van der Waals surface area contributed by atoms with E-state index >= 15 is 0 Å². The number of benzene rings is 3. The number of para-hydroxylation sites is 2. The molecular formula is C24H22N6O3S. The highest BCUT2D eigenvalue weighted by Gasteiger charge is 2.21. The minimum atomic E-state index is -3.74. The molecule has 0 radical (unpaired) electrons. The second-order valence-corrected chi connectivity index (χ2v) is 9.79. The van der Waals surface area contributed by atoms with Crippen LogP contribution in [0.3, 0.4) is 0 Å². The SMILES string of the molecule is CN(c1ccccc1)S(=O)(=O)c1cccc(NCc2nnc3n(C)c(=O)c4ccccc4n23)c1. The van der Waals surface area contributed by atoms with E-state index in [-0.39, 0.29) is 17.0 Å². The van der Waals surface area contributed by atoms with Gasteiger partial charge in [0.1, 0.15) is 0 Å². The maximum Gasteiger partial charge on any atom is 0.264 e. The normalized spacial score (nSPS) is 11.7. The number of nitrogens with zero attached hydrogens (tertiary/aromatic N) is 5. The van der Waals surface area contributed by atoms with E-state index in [1.807, 2.05) is 28.7 Å². The summed E-state index contributed by atoms with van der Waals surface area (Å²) >= 11 is 0. The maximum absolute atomic E-state index is 13.1. The third kappa shape index (κ3) is 3.57. The zero-order valence-electron chi connectivity index (χ0n) is 18.6. The molecule has 2 aromatic heterocycles. The molecule has 0 fully saturated rings. The van der Waals surface area contributed by atoms with Crippen LogP contribution in [-0.4, -0.2) is 34.6 Å². The first kappa shape index (κ1) is 21.7. The third-order valence-corrected chi connectivity index (χ3v) is 7.54. The molecule has 10 heteroatoms. The van der Waals surface area contributed by atoms with Gasteiger partial charge in [0.05, 0.1) is 28.0 Å². The minimum absolute atomic E-state index is 0.143. The van der Waals surface area contributed by atoms with Crippen molar-refractivity contribution in [3.63, 3.8) is 0 Å². The summed E-state index contributed by atoms with van der Waals surface area (Å²) in [5, 5.41) is 12.3. The lowest BCUT2D eigenvalue weighted by molar-refractivity contribution is 0.594. The summed E-state index contributed by atoms with van der Waals surface area (Å²) in [4.78, 5) is 12.8. The van der Waals surface area contributed by atoms with Crippen LogP contribution in [0.25, 0.3) is 16.7 Å². The summed E-state index contributed by atoms with van der Waals surface area (Å²) in [5.41, 5.74) is 1.76. The highest BCUT2D eigenvalue weighted by Crippen LogP contribution is 2.24.